The number of aromatic amines is 1. The van der Waals surface area contributed by atoms with Gasteiger partial charge < -0.3 is 0 Å². The fraction of sp³-hybridized carbons (Fsp3) is 0.364. The van der Waals surface area contributed by atoms with Crippen molar-refractivity contribution in [3.63, 3.8) is 0 Å². The van der Waals surface area contributed by atoms with Crippen LogP contribution in [0, 0.1) is 0 Å². The third-order valence-electron chi connectivity index (χ3n) is 5.07. The lowest BCUT2D eigenvalue weighted by Gasteiger charge is -2.09. The van der Waals surface area contributed by atoms with Crippen LogP contribution >= 0.6 is 0 Å². The third-order valence-corrected chi connectivity index (χ3v) is 5.07. The summed E-state index contributed by atoms with van der Waals surface area (Å²) < 4.78 is 2.05. The molecule has 0 spiro atoms. The maximum absolute atomic E-state index is 4.72. The molecule has 3 aromatic heterocycles. The minimum absolute atomic E-state index is 0.536. The molecule has 4 aromatic rings. The molecule has 0 fully saturated rings. The van der Waals surface area contributed by atoms with E-state index in [4.69, 9.17) is 10.1 Å². The summed E-state index contributed by atoms with van der Waals surface area (Å²) in [6.45, 7) is 5.03. The predicted molar refractivity (Wildman–Crippen MR) is 115 cm³/mol. The standard InChI is InChI=1S/C22H26N8/c1-3-5-6-9-20-24-19(4-2)27-30(20)15-16-10-12-17(13-11-16)21-18(8-7-14-23-21)22-25-28-29-26-22/h7-8,10-14H,3-6,9,15H2,1-2H3,(H,25,26,28,29). The summed E-state index contributed by atoms with van der Waals surface area (Å²) in [6.07, 6.45) is 7.17. The molecule has 0 saturated carbocycles. The Hall–Kier alpha value is -3.42. The second-order valence-corrected chi connectivity index (χ2v) is 7.24. The largest absolute Gasteiger partial charge is 0.255 e. The van der Waals surface area contributed by atoms with Crippen molar-refractivity contribution in [3.05, 3.63) is 59.8 Å². The summed E-state index contributed by atoms with van der Waals surface area (Å²) in [5, 5.41) is 19.0. The van der Waals surface area contributed by atoms with Crippen molar-refractivity contribution in [1.29, 1.82) is 0 Å². The van der Waals surface area contributed by atoms with Crippen LogP contribution in [0.5, 0.6) is 0 Å². The summed E-state index contributed by atoms with van der Waals surface area (Å²) in [4.78, 5) is 9.26. The number of nitrogens with zero attached hydrogens (tertiary/aromatic N) is 7. The topological polar surface area (TPSA) is 98.1 Å². The molecular formula is C22H26N8. The highest BCUT2D eigenvalue weighted by molar-refractivity contribution is 5.76. The molecule has 0 saturated heterocycles. The molecule has 3 heterocycles. The van der Waals surface area contributed by atoms with E-state index in [1.807, 2.05) is 12.1 Å². The first-order valence-corrected chi connectivity index (χ1v) is 10.5. The van der Waals surface area contributed by atoms with Gasteiger partial charge in [-0.3, -0.25) is 4.98 Å². The van der Waals surface area contributed by atoms with Gasteiger partial charge in [0.25, 0.3) is 0 Å². The van der Waals surface area contributed by atoms with Crippen molar-refractivity contribution in [2.75, 3.05) is 0 Å². The van der Waals surface area contributed by atoms with Gasteiger partial charge in [0.05, 0.1) is 12.2 Å². The SMILES string of the molecule is CCCCCc1nc(CC)nn1Cc1ccc(-c2ncccc2-c2nn[nH]n2)cc1. The highest BCUT2D eigenvalue weighted by Crippen LogP contribution is 2.27. The number of nitrogens with one attached hydrogen (secondary N) is 1. The molecule has 4 rings (SSSR count). The molecule has 0 bridgehead atoms. The van der Waals surface area contributed by atoms with Crippen LogP contribution in [-0.4, -0.2) is 40.4 Å². The maximum atomic E-state index is 4.72. The third kappa shape index (κ3) is 4.42. The fourth-order valence-electron chi connectivity index (χ4n) is 3.45. The van der Waals surface area contributed by atoms with Crippen molar-refractivity contribution >= 4 is 0 Å². The molecular weight excluding hydrogens is 376 g/mol. The van der Waals surface area contributed by atoms with E-state index in [1.54, 1.807) is 6.20 Å². The Balaban J connectivity index is 1.55. The first-order chi connectivity index (χ1) is 14.8. The molecule has 0 atom stereocenters. The van der Waals surface area contributed by atoms with Crippen LogP contribution in [0.1, 0.15) is 50.3 Å². The molecule has 0 unspecified atom stereocenters. The molecule has 8 heteroatoms. The van der Waals surface area contributed by atoms with Crippen LogP contribution < -0.4 is 0 Å². The van der Waals surface area contributed by atoms with E-state index in [0.717, 1.165) is 47.7 Å². The number of H-pyrrole nitrogens is 1. The number of aryl methyl sites for hydroxylation is 2. The van der Waals surface area contributed by atoms with Gasteiger partial charge in [0.15, 0.2) is 5.82 Å². The summed E-state index contributed by atoms with van der Waals surface area (Å²) in [6, 6.07) is 12.2. The number of rotatable bonds is 9. The molecule has 154 valence electrons. The number of pyridine rings is 1. The molecule has 0 amide bonds. The number of tetrazole rings is 1. The van der Waals surface area contributed by atoms with Crippen molar-refractivity contribution in [3.8, 4) is 22.6 Å². The van der Waals surface area contributed by atoms with Crippen LogP contribution in [0.2, 0.25) is 0 Å². The molecule has 1 aromatic carbocycles. The van der Waals surface area contributed by atoms with Gasteiger partial charge in [-0.2, -0.15) is 10.3 Å². The van der Waals surface area contributed by atoms with E-state index in [9.17, 15) is 0 Å². The van der Waals surface area contributed by atoms with E-state index in [0.29, 0.717) is 12.4 Å². The first kappa shape index (κ1) is 19.9. The molecule has 0 radical (unpaired) electrons. The highest BCUT2D eigenvalue weighted by atomic mass is 15.5. The number of aromatic nitrogens is 8. The summed E-state index contributed by atoms with van der Waals surface area (Å²) in [5.41, 5.74) is 3.87. The molecule has 0 aliphatic heterocycles. The van der Waals surface area contributed by atoms with Gasteiger partial charge in [-0.25, -0.2) is 9.67 Å². The second kappa shape index (κ2) is 9.39. The van der Waals surface area contributed by atoms with Gasteiger partial charge >= 0.3 is 0 Å². The lowest BCUT2D eigenvalue weighted by atomic mass is 10.0. The van der Waals surface area contributed by atoms with Crippen LogP contribution in [-0.2, 0) is 19.4 Å². The second-order valence-electron chi connectivity index (χ2n) is 7.24. The van der Waals surface area contributed by atoms with E-state index in [-0.39, 0.29) is 0 Å². The van der Waals surface area contributed by atoms with E-state index < -0.39 is 0 Å². The number of hydrogen-bond acceptors (Lipinski definition) is 6. The zero-order valence-corrected chi connectivity index (χ0v) is 17.4. The maximum Gasteiger partial charge on any atom is 0.206 e. The minimum atomic E-state index is 0.536. The predicted octanol–water partition coefficient (Wildman–Crippen LogP) is 3.86. The average molecular weight is 403 g/mol. The van der Waals surface area contributed by atoms with E-state index in [2.05, 4.69) is 68.4 Å². The monoisotopic (exact) mass is 402 g/mol. The molecule has 8 nitrogen and oxygen atoms in total. The van der Waals surface area contributed by atoms with Gasteiger partial charge in [-0.1, -0.05) is 51.0 Å². The first-order valence-electron chi connectivity index (χ1n) is 10.5. The zero-order chi connectivity index (χ0) is 20.8. The van der Waals surface area contributed by atoms with Crippen molar-refractivity contribution in [2.45, 2.75) is 52.5 Å². The van der Waals surface area contributed by atoms with Gasteiger partial charge in [-0.15, -0.1) is 10.2 Å². The van der Waals surface area contributed by atoms with Crippen LogP contribution in [0.15, 0.2) is 42.6 Å². The van der Waals surface area contributed by atoms with Crippen molar-refractivity contribution < 1.29 is 0 Å². The molecule has 0 aliphatic carbocycles. The van der Waals surface area contributed by atoms with Crippen molar-refractivity contribution in [2.24, 2.45) is 0 Å². The Morgan fingerprint density at radius 3 is 2.63 bits per heavy atom. The fourth-order valence-corrected chi connectivity index (χ4v) is 3.45. The van der Waals surface area contributed by atoms with E-state index >= 15 is 0 Å². The van der Waals surface area contributed by atoms with Crippen LogP contribution in [0.4, 0.5) is 0 Å². The van der Waals surface area contributed by atoms with Gasteiger partial charge in [0.2, 0.25) is 5.82 Å². The van der Waals surface area contributed by atoms with E-state index in [1.165, 1.54) is 18.4 Å². The van der Waals surface area contributed by atoms with Crippen LogP contribution in [0.3, 0.4) is 0 Å². The van der Waals surface area contributed by atoms with Gasteiger partial charge in [0.1, 0.15) is 5.82 Å². The van der Waals surface area contributed by atoms with Crippen LogP contribution in [0.25, 0.3) is 22.6 Å². The average Bonchev–Trinajstić information content (AvgIpc) is 3.45. The summed E-state index contributed by atoms with van der Waals surface area (Å²) in [5.74, 6) is 2.53. The number of hydrogen-bond donors (Lipinski definition) is 1. The van der Waals surface area contributed by atoms with Gasteiger partial charge in [-0.05, 0) is 29.3 Å². The normalized spacial score (nSPS) is 11.1. The summed E-state index contributed by atoms with van der Waals surface area (Å²) >= 11 is 0. The quantitative estimate of drug-likeness (QED) is 0.427. The zero-order valence-electron chi connectivity index (χ0n) is 17.4. The van der Waals surface area contributed by atoms with Crippen molar-refractivity contribution in [1.82, 2.24) is 40.4 Å². The number of unbranched alkanes of at least 4 members (excludes halogenated alkanes) is 2. The molecule has 30 heavy (non-hydrogen) atoms. The highest BCUT2D eigenvalue weighted by Gasteiger charge is 2.13. The summed E-state index contributed by atoms with van der Waals surface area (Å²) in [7, 11) is 0. The Kier molecular flexibility index (Phi) is 6.22. The Morgan fingerprint density at radius 2 is 1.90 bits per heavy atom. The minimum Gasteiger partial charge on any atom is -0.255 e. The number of benzene rings is 1. The Morgan fingerprint density at radius 1 is 1.03 bits per heavy atom. The lowest BCUT2D eigenvalue weighted by molar-refractivity contribution is 0.604. The van der Waals surface area contributed by atoms with Gasteiger partial charge in [0, 0.05) is 30.2 Å². The molecule has 1 N–H and O–H groups in total. The smallest absolute Gasteiger partial charge is 0.206 e. The molecule has 0 aliphatic rings. The Labute approximate surface area is 175 Å². The Bertz CT molecular complexity index is 1070. The lowest BCUT2D eigenvalue weighted by Crippen LogP contribution is -2.07.